The molecule has 1 aromatic heterocycles. The minimum atomic E-state index is -4.31. The Bertz CT molecular complexity index is 658. The molecule has 2 rings (SSSR count). The third-order valence-electron chi connectivity index (χ3n) is 3.18. The molecule has 116 valence electrons. The molecule has 0 saturated heterocycles. The van der Waals surface area contributed by atoms with Gasteiger partial charge in [0.05, 0.1) is 11.0 Å². The Balaban J connectivity index is 2.06. The zero-order chi connectivity index (χ0) is 15.5. The highest BCUT2D eigenvalue weighted by molar-refractivity contribution is 5.75. The summed E-state index contributed by atoms with van der Waals surface area (Å²) in [6.45, 7) is 1.49. The predicted octanol–water partition coefficient (Wildman–Crippen LogP) is 2.79. The lowest BCUT2D eigenvalue weighted by molar-refractivity contribution is -0.174. The van der Waals surface area contributed by atoms with E-state index in [1.165, 1.54) is 0 Å². The van der Waals surface area contributed by atoms with E-state index < -0.39 is 12.8 Å². The lowest BCUT2D eigenvalue weighted by Gasteiger charge is -2.07. The van der Waals surface area contributed by atoms with Crippen LogP contribution in [0, 0.1) is 0 Å². The van der Waals surface area contributed by atoms with E-state index in [2.05, 4.69) is 4.74 Å². The maximum atomic E-state index is 12.2. The summed E-state index contributed by atoms with van der Waals surface area (Å²) in [6.07, 6.45) is -3.96. The standard InChI is InChI=1S/C14H17F3N2O2/c1-2-18-11-6-3-4-7-12(11)19(13(18)20)8-5-9-21-10-14(15,16)17/h3-4,6-7H,2,5,8-10H2,1H3. The Labute approximate surface area is 119 Å². The largest absolute Gasteiger partial charge is 0.411 e. The maximum Gasteiger partial charge on any atom is 0.411 e. The molecule has 0 saturated carbocycles. The van der Waals surface area contributed by atoms with Crippen LogP contribution >= 0.6 is 0 Å². The number of para-hydroxylation sites is 2. The highest BCUT2D eigenvalue weighted by atomic mass is 19.4. The molecular weight excluding hydrogens is 285 g/mol. The van der Waals surface area contributed by atoms with Gasteiger partial charge in [-0.3, -0.25) is 9.13 Å². The minimum Gasteiger partial charge on any atom is -0.372 e. The number of halogens is 3. The average Bonchev–Trinajstić information content (AvgIpc) is 2.69. The molecule has 0 aliphatic heterocycles. The van der Waals surface area contributed by atoms with E-state index in [4.69, 9.17) is 0 Å². The normalized spacial score (nSPS) is 12.2. The summed E-state index contributed by atoms with van der Waals surface area (Å²) >= 11 is 0. The Hall–Kier alpha value is -1.76. The van der Waals surface area contributed by atoms with Gasteiger partial charge in [-0.25, -0.2) is 4.79 Å². The predicted molar refractivity (Wildman–Crippen MR) is 73.4 cm³/mol. The third-order valence-corrected chi connectivity index (χ3v) is 3.18. The van der Waals surface area contributed by atoms with Gasteiger partial charge in [0.25, 0.3) is 0 Å². The fraction of sp³-hybridized carbons (Fsp3) is 0.500. The fourth-order valence-corrected chi connectivity index (χ4v) is 2.31. The van der Waals surface area contributed by atoms with Crippen LogP contribution < -0.4 is 5.69 Å². The van der Waals surface area contributed by atoms with Crippen molar-refractivity contribution < 1.29 is 17.9 Å². The summed E-state index contributed by atoms with van der Waals surface area (Å²) in [6, 6.07) is 7.37. The van der Waals surface area contributed by atoms with Gasteiger partial charge in [-0.15, -0.1) is 0 Å². The summed E-state index contributed by atoms with van der Waals surface area (Å²) in [5, 5.41) is 0. The van der Waals surface area contributed by atoms with Crippen LogP contribution in [0.15, 0.2) is 29.1 Å². The van der Waals surface area contributed by atoms with Crippen molar-refractivity contribution in [2.24, 2.45) is 0 Å². The molecule has 21 heavy (non-hydrogen) atoms. The fourth-order valence-electron chi connectivity index (χ4n) is 2.31. The quantitative estimate of drug-likeness (QED) is 0.769. The van der Waals surface area contributed by atoms with Crippen LogP contribution in [0.5, 0.6) is 0 Å². The molecule has 1 heterocycles. The number of aryl methyl sites for hydroxylation is 2. The van der Waals surface area contributed by atoms with Crippen molar-refractivity contribution in [1.82, 2.24) is 9.13 Å². The Kier molecular flexibility index (Phi) is 4.72. The Morgan fingerprint density at radius 3 is 2.33 bits per heavy atom. The lowest BCUT2D eigenvalue weighted by atomic mass is 10.3. The number of hydrogen-bond donors (Lipinski definition) is 0. The van der Waals surface area contributed by atoms with Crippen LogP contribution in [0.25, 0.3) is 11.0 Å². The zero-order valence-corrected chi connectivity index (χ0v) is 11.7. The van der Waals surface area contributed by atoms with Crippen LogP contribution in [-0.2, 0) is 17.8 Å². The first kappa shape index (κ1) is 15.6. The smallest absolute Gasteiger partial charge is 0.372 e. The number of rotatable bonds is 6. The molecule has 0 spiro atoms. The second-order valence-corrected chi connectivity index (χ2v) is 4.69. The molecule has 7 heteroatoms. The van der Waals surface area contributed by atoms with Crippen molar-refractivity contribution >= 4 is 11.0 Å². The number of benzene rings is 1. The third kappa shape index (κ3) is 3.66. The molecule has 0 N–H and O–H groups in total. The maximum absolute atomic E-state index is 12.2. The van der Waals surface area contributed by atoms with E-state index in [0.29, 0.717) is 19.5 Å². The molecule has 0 amide bonds. The highest BCUT2D eigenvalue weighted by Crippen LogP contribution is 2.15. The van der Waals surface area contributed by atoms with Crippen LogP contribution in [0.1, 0.15) is 13.3 Å². The molecule has 0 fully saturated rings. The number of fused-ring (bicyclic) bond motifs is 1. The molecular formula is C14H17F3N2O2. The Morgan fingerprint density at radius 1 is 1.14 bits per heavy atom. The second kappa shape index (κ2) is 6.34. The first-order valence-corrected chi connectivity index (χ1v) is 6.76. The van der Waals surface area contributed by atoms with Crippen molar-refractivity contribution in [3.05, 3.63) is 34.7 Å². The molecule has 0 aliphatic carbocycles. The van der Waals surface area contributed by atoms with Gasteiger partial charge in [0.15, 0.2) is 0 Å². The summed E-state index contributed by atoms with van der Waals surface area (Å²) in [5.41, 5.74) is 1.48. The minimum absolute atomic E-state index is 0.0302. The molecule has 0 radical (unpaired) electrons. The molecule has 4 nitrogen and oxygen atoms in total. The van der Waals surface area contributed by atoms with E-state index in [-0.39, 0.29) is 12.3 Å². The van der Waals surface area contributed by atoms with Crippen molar-refractivity contribution in [3.63, 3.8) is 0 Å². The number of alkyl halides is 3. The van der Waals surface area contributed by atoms with Gasteiger partial charge < -0.3 is 4.74 Å². The summed E-state index contributed by atoms with van der Waals surface area (Å²) < 4.78 is 43.6. The molecule has 0 atom stereocenters. The number of nitrogens with zero attached hydrogens (tertiary/aromatic N) is 2. The molecule has 0 bridgehead atoms. The molecule has 1 aromatic carbocycles. The average molecular weight is 302 g/mol. The monoisotopic (exact) mass is 302 g/mol. The van der Waals surface area contributed by atoms with E-state index >= 15 is 0 Å². The summed E-state index contributed by atoms with van der Waals surface area (Å²) in [4.78, 5) is 12.2. The number of ether oxygens (including phenoxy) is 1. The van der Waals surface area contributed by atoms with Gasteiger partial charge in [0, 0.05) is 19.7 Å². The summed E-state index contributed by atoms with van der Waals surface area (Å²) in [5.74, 6) is 0. The van der Waals surface area contributed by atoms with Gasteiger partial charge >= 0.3 is 11.9 Å². The summed E-state index contributed by atoms with van der Waals surface area (Å²) in [7, 11) is 0. The van der Waals surface area contributed by atoms with Crippen LogP contribution in [0.4, 0.5) is 13.2 Å². The number of aromatic nitrogens is 2. The van der Waals surface area contributed by atoms with Crippen LogP contribution in [-0.4, -0.2) is 28.5 Å². The van der Waals surface area contributed by atoms with Gasteiger partial charge in [-0.2, -0.15) is 13.2 Å². The van der Waals surface area contributed by atoms with E-state index in [9.17, 15) is 18.0 Å². The topological polar surface area (TPSA) is 36.2 Å². The second-order valence-electron chi connectivity index (χ2n) is 4.69. The lowest BCUT2D eigenvalue weighted by Crippen LogP contribution is -2.24. The molecule has 0 aliphatic rings. The van der Waals surface area contributed by atoms with Crippen LogP contribution in [0.3, 0.4) is 0 Å². The van der Waals surface area contributed by atoms with Gasteiger partial charge in [0.1, 0.15) is 6.61 Å². The van der Waals surface area contributed by atoms with Crippen LogP contribution in [0.2, 0.25) is 0 Å². The molecule has 0 unspecified atom stereocenters. The Morgan fingerprint density at radius 2 is 1.76 bits per heavy atom. The highest BCUT2D eigenvalue weighted by Gasteiger charge is 2.27. The van der Waals surface area contributed by atoms with E-state index in [1.807, 2.05) is 31.2 Å². The van der Waals surface area contributed by atoms with Gasteiger partial charge in [0.2, 0.25) is 0 Å². The van der Waals surface area contributed by atoms with E-state index in [1.54, 1.807) is 9.13 Å². The first-order valence-electron chi connectivity index (χ1n) is 6.76. The van der Waals surface area contributed by atoms with Crippen molar-refractivity contribution in [1.29, 1.82) is 0 Å². The molecule has 2 aromatic rings. The number of hydrogen-bond acceptors (Lipinski definition) is 2. The van der Waals surface area contributed by atoms with Gasteiger partial charge in [-0.1, -0.05) is 12.1 Å². The SMILES string of the molecule is CCn1c(=O)n(CCCOCC(F)(F)F)c2ccccc21. The van der Waals surface area contributed by atoms with E-state index in [0.717, 1.165) is 11.0 Å². The first-order chi connectivity index (χ1) is 9.94. The van der Waals surface area contributed by atoms with Gasteiger partial charge in [-0.05, 0) is 25.5 Å². The number of imidazole rings is 1. The zero-order valence-electron chi connectivity index (χ0n) is 11.7. The van der Waals surface area contributed by atoms with Crippen molar-refractivity contribution in [2.75, 3.05) is 13.2 Å². The van der Waals surface area contributed by atoms with Crippen molar-refractivity contribution in [3.8, 4) is 0 Å². The van der Waals surface area contributed by atoms with Crippen molar-refractivity contribution in [2.45, 2.75) is 32.6 Å².